The molecule has 152 valence electrons. The minimum absolute atomic E-state index is 0.150. The van der Waals surface area contributed by atoms with Crippen LogP contribution >= 0.6 is 0 Å². The highest BCUT2D eigenvalue weighted by molar-refractivity contribution is 7.92. The molecule has 2 N–H and O–H groups in total. The Morgan fingerprint density at radius 1 is 0.833 bits per heavy atom. The smallest absolute Gasteiger partial charge is 0.263 e. The largest absolute Gasteiger partial charge is 0.337 e. The molecule has 3 aromatic carbocycles. The van der Waals surface area contributed by atoms with Gasteiger partial charge in [0.1, 0.15) is 0 Å². The predicted octanol–water partition coefficient (Wildman–Crippen LogP) is 5.05. The number of rotatable bonds is 6. The maximum Gasteiger partial charge on any atom is 0.263 e. The maximum absolute atomic E-state index is 13.0. The van der Waals surface area contributed by atoms with Crippen LogP contribution in [0.1, 0.15) is 18.1 Å². The van der Waals surface area contributed by atoms with Gasteiger partial charge in [0.2, 0.25) is 0 Å². The van der Waals surface area contributed by atoms with Crippen molar-refractivity contribution < 1.29 is 8.42 Å². The van der Waals surface area contributed by atoms with Crippen molar-refractivity contribution in [2.45, 2.75) is 25.2 Å². The van der Waals surface area contributed by atoms with E-state index in [2.05, 4.69) is 26.9 Å². The van der Waals surface area contributed by atoms with Crippen molar-refractivity contribution in [1.29, 1.82) is 0 Å². The quantitative estimate of drug-likeness (QED) is 0.458. The second-order valence-corrected chi connectivity index (χ2v) is 8.69. The van der Waals surface area contributed by atoms with Gasteiger partial charge in [-0.2, -0.15) is 0 Å². The summed E-state index contributed by atoms with van der Waals surface area (Å²) in [5.41, 5.74) is 4.11. The van der Waals surface area contributed by atoms with E-state index in [9.17, 15) is 8.42 Å². The van der Waals surface area contributed by atoms with Gasteiger partial charge < -0.3 is 5.32 Å². The lowest BCUT2D eigenvalue weighted by molar-refractivity contribution is 0.601. The van der Waals surface area contributed by atoms with Crippen LogP contribution in [0.2, 0.25) is 0 Å². The molecular weight excluding hydrogens is 396 g/mol. The van der Waals surface area contributed by atoms with Crippen LogP contribution in [0.4, 0.5) is 17.3 Å². The molecule has 0 fully saturated rings. The normalized spacial score (nSPS) is 11.4. The number of nitrogens with one attached hydrogen (secondary N) is 2. The van der Waals surface area contributed by atoms with E-state index in [4.69, 9.17) is 0 Å². The minimum atomic E-state index is -3.82. The fraction of sp³-hybridized carbons (Fsp3) is 0.130. The Morgan fingerprint density at radius 3 is 2.23 bits per heavy atom. The molecule has 0 amide bonds. The van der Waals surface area contributed by atoms with Crippen molar-refractivity contribution in [3.8, 4) is 0 Å². The molecule has 30 heavy (non-hydrogen) atoms. The molecule has 4 aromatic rings. The van der Waals surface area contributed by atoms with Gasteiger partial charge >= 0.3 is 0 Å². The number of aryl methyl sites for hydroxylation is 2. The predicted molar refractivity (Wildman–Crippen MR) is 121 cm³/mol. The summed E-state index contributed by atoms with van der Waals surface area (Å²) in [6, 6.07) is 22.0. The molecule has 0 unspecified atom stereocenters. The molecular formula is C23H22N4O2S. The van der Waals surface area contributed by atoms with Crippen LogP contribution in [0.25, 0.3) is 11.0 Å². The summed E-state index contributed by atoms with van der Waals surface area (Å²) < 4.78 is 28.6. The van der Waals surface area contributed by atoms with Crippen LogP contribution in [0.15, 0.2) is 77.7 Å². The lowest BCUT2D eigenvalue weighted by Crippen LogP contribution is -2.16. The van der Waals surface area contributed by atoms with E-state index in [-0.39, 0.29) is 10.7 Å². The van der Waals surface area contributed by atoms with Gasteiger partial charge in [-0.05, 0) is 60.9 Å². The lowest BCUT2D eigenvalue weighted by atomic mass is 10.1. The molecule has 0 saturated heterocycles. The summed E-state index contributed by atoms with van der Waals surface area (Å²) in [5, 5.41) is 3.22. The molecule has 0 radical (unpaired) electrons. The fourth-order valence-corrected chi connectivity index (χ4v) is 4.25. The highest BCUT2D eigenvalue weighted by Crippen LogP contribution is 2.27. The van der Waals surface area contributed by atoms with E-state index in [0.717, 1.165) is 23.2 Å². The van der Waals surface area contributed by atoms with Gasteiger partial charge in [-0.3, -0.25) is 4.72 Å². The van der Waals surface area contributed by atoms with Crippen molar-refractivity contribution in [2.24, 2.45) is 0 Å². The van der Waals surface area contributed by atoms with Gasteiger partial charge in [0.15, 0.2) is 11.6 Å². The average molecular weight is 419 g/mol. The van der Waals surface area contributed by atoms with Crippen molar-refractivity contribution in [3.63, 3.8) is 0 Å². The van der Waals surface area contributed by atoms with Crippen LogP contribution in [0.5, 0.6) is 0 Å². The fourth-order valence-electron chi connectivity index (χ4n) is 3.13. The summed E-state index contributed by atoms with van der Waals surface area (Å²) in [6.07, 6.45) is 0.895. The minimum Gasteiger partial charge on any atom is -0.337 e. The molecule has 0 aliphatic rings. The van der Waals surface area contributed by atoms with Crippen molar-refractivity contribution in [2.75, 3.05) is 10.0 Å². The number of hydrogen-bond acceptors (Lipinski definition) is 5. The first kappa shape index (κ1) is 19.8. The zero-order valence-corrected chi connectivity index (χ0v) is 17.6. The van der Waals surface area contributed by atoms with Gasteiger partial charge in [-0.25, -0.2) is 18.4 Å². The molecule has 1 aromatic heterocycles. The van der Waals surface area contributed by atoms with Crippen molar-refractivity contribution in [3.05, 3.63) is 83.9 Å². The number of para-hydroxylation sites is 2. The third kappa shape index (κ3) is 4.26. The van der Waals surface area contributed by atoms with Gasteiger partial charge in [0.05, 0.1) is 15.9 Å². The molecule has 7 heteroatoms. The number of aromatic nitrogens is 2. The summed E-state index contributed by atoms with van der Waals surface area (Å²) in [6.45, 7) is 3.93. The van der Waals surface area contributed by atoms with Crippen LogP contribution in [0, 0.1) is 6.92 Å². The average Bonchev–Trinajstić information content (AvgIpc) is 2.74. The number of fused-ring (bicyclic) bond motifs is 1. The Labute approximate surface area is 176 Å². The highest BCUT2D eigenvalue weighted by atomic mass is 32.2. The Kier molecular flexibility index (Phi) is 5.37. The zero-order valence-electron chi connectivity index (χ0n) is 16.8. The second kappa shape index (κ2) is 8.12. The first-order chi connectivity index (χ1) is 14.4. The molecule has 0 atom stereocenters. The van der Waals surface area contributed by atoms with Gasteiger partial charge in [0.25, 0.3) is 10.0 Å². The first-order valence-electron chi connectivity index (χ1n) is 9.67. The topological polar surface area (TPSA) is 84.0 Å². The van der Waals surface area contributed by atoms with Crippen molar-refractivity contribution >= 4 is 38.4 Å². The number of benzene rings is 3. The van der Waals surface area contributed by atoms with E-state index in [1.165, 1.54) is 0 Å². The molecule has 0 aliphatic heterocycles. The summed E-state index contributed by atoms with van der Waals surface area (Å²) >= 11 is 0. The van der Waals surface area contributed by atoms with Crippen LogP contribution < -0.4 is 10.0 Å². The van der Waals surface area contributed by atoms with E-state index < -0.39 is 10.0 Å². The number of anilines is 3. The Balaban J connectivity index is 1.78. The lowest BCUT2D eigenvalue weighted by Gasteiger charge is -2.14. The maximum atomic E-state index is 13.0. The van der Waals surface area contributed by atoms with Gasteiger partial charge in [-0.1, -0.05) is 43.3 Å². The Bertz CT molecular complexity index is 1320. The van der Waals surface area contributed by atoms with Crippen LogP contribution in [0.3, 0.4) is 0 Å². The zero-order chi connectivity index (χ0) is 21.1. The Morgan fingerprint density at radius 2 is 1.53 bits per heavy atom. The van der Waals surface area contributed by atoms with Crippen LogP contribution in [-0.2, 0) is 16.4 Å². The van der Waals surface area contributed by atoms with Gasteiger partial charge in [0, 0.05) is 5.69 Å². The molecule has 0 bridgehead atoms. The third-order valence-corrected chi connectivity index (χ3v) is 6.04. The van der Waals surface area contributed by atoms with Crippen LogP contribution in [-0.4, -0.2) is 18.4 Å². The molecule has 1 heterocycles. The third-order valence-electron chi connectivity index (χ3n) is 4.70. The summed E-state index contributed by atoms with van der Waals surface area (Å²) in [4.78, 5) is 9.33. The Hall–Kier alpha value is -3.45. The monoisotopic (exact) mass is 418 g/mol. The van der Waals surface area contributed by atoms with Crippen molar-refractivity contribution in [1.82, 2.24) is 9.97 Å². The second-order valence-electron chi connectivity index (χ2n) is 7.01. The first-order valence-corrected chi connectivity index (χ1v) is 11.1. The highest BCUT2D eigenvalue weighted by Gasteiger charge is 2.19. The summed E-state index contributed by atoms with van der Waals surface area (Å²) in [5.74, 6) is 0.496. The SMILES string of the molecule is CCc1cccc(Nc2nc3ccccc3nc2NS(=O)(=O)c2cccc(C)c2)c1. The van der Waals surface area contributed by atoms with E-state index in [0.29, 0.717) is 16.9 Å². The van der Waals surface area contributed by atoms with E-state index in [1.807, 2.05) is 55.5 Å². The number of sulfonamides is 1. The standard InChI is InChI=1S/C23H22N4O2S/c1-3-17-9-7-10-18(15-17)24-22-23(26-21-13-5-4-12-20(21)25-22)27-30(28,29)19-11-6-8-16(2)14-19/h4-15H,3H2,1-2H3,(H,24,25)(H,26,27). The summed E-state index contributed by atoms with van der Waals surface area (Å²) in [7, 11) is -3.82. The van der Waals surface area contributed by atoms with E-state index in [1.54, 1.807) is 24.3 Å². The molecule has 4 rings (SSSR count). The molecule has 0 aliphatic carbocycles. The number of nitrogens with zero attached hydrogens (tertiary/aromatic N) is 2. The number of hydrogen-bond donors (Lipinski definition) is 2. The molecule has 6 nitrogen and oxygen atoms in total. The molecule has 0 spiro atoms. The molecule has 0 saturated carbocycles. The van der Waals surface area contributed by atoms with Gasteiger partial charge in [-0.15, -0.1) is 0 Å². The van der Waals surface area contributed by atoms with E-state index >= 15 is 0 Å².